The number of hydrogen-bond donors (Lipinski definition) is 1. The van der Waals surface area contributed by atoms with Crippen molar-refractivity contribution >= 4 is 38.5 Å². The third-order valence-electron chi connectivity index (χ3n) is 12.2. The van der Waals surface area contributed by atoms with Gasteiger partial charge in [-0.25, -0.2) is 0 Å². The van der Waals surface area contributed by atoms with E-state index in [0.29, 0.717) is 5.92 Å². The van der Waals surface area contributed by atoms with Crippen LogP contribution in [-0.4, -0.2) is 15.9 Å². The molecule has 0 spiro atoms. The molecule has 56 heavy (non-hydrogen) atoms. The summed E-state index contributed by atoms with van der Waals surface area (Å²) in [5, 5.41) is 14.7. The number of aromatic nitrogens is 1. The van der Waals surface area contributed by atoms with E-state index < -0.39 is 0 Å². The van der Waals surface area contributed by atoms with Crippen LogP contribution in [0.4, 0.5) is 0 Å². The van der Waals surface area contributed by atoms with E-state index in [1.165, 1.54) is 28.0 Å². The molecule has 0 amide bonds. The summed E-state index contributed by atoms with van der Waals surface area (Å²) in [6, 6.07) is 22.8. The number of furan rings is 2. The second-order valence-corrected chi connectivity index (χ2v) is 17.4. The van der Waals surface area contributed by atoms with Gasteiger partial charge in [-0.3, -0.25) is 9.78 Å². The van der Waals surface area contributed by atoms with Crippen molar-refractivity contribution in [2.75, 3.05) is 0 Å². The number of ketones is 1. The minimum Gasteiger partial charge on any atom is -0.512 e. The van der Waals surface area contributed by atoms with Gasteiger partial charge < -0.3 is 13.9 Å². The maximum atomic E-state index is 12.2. The fourth-order valence-electron chi connectivity index (χ4n) is 7.35. The van der Waals surface area contributed by atoms with Gasteiger partial charge in [-0.05, 0) is 69.4 Å². The predicted octanol–water partition coefficient (Wildman–Crippen LogP) is 14.6. The Balaban J connectivity index is 0.000000330. The monoisotopic (exact) mass is 933 g/mol. The number of hydrogen-bond acceptors (Lipinski definition) is 5. The standard InChI is InChI=1S/C35H34NO2.C15H28O2.Ir/c1-20(2)16-29-22(4)37-31-19-24(12-13-28(29)31)33-21(3)26-14-15-36-32(34(26)38-33)25-17-23-10-8-9-11-27(23)30(18-25)35(5,6)7;1-7-14(5,8-2)12(16)11-13(17)15(6,9-3)10-4;/h8-15,18-20H,16H2,1-7H3;11,16H,7-10H2,1-6H3;/q-1;;/b;12-11-;. The number of pyridine rings is 1. The number of benzene rings is 3. The van der Waals surface area contributed by atoms with Gasteiger partial charge in [0.05, 0.1) is 0 Å². The van der Waals surface area contributed by atoms with Crippen molar-refractivity contribution in [3.63, 3.8) is 0 Å². The van der Waals surface area contributed by atoms with Crippen LogP contribution in [0, 0.1) is 36.7 Å². The van der Waals surface area contributed by atoms with E-state index in [2.05, 4.69) is 103 Å². The summed E-state index contributed by atoms with van der Waals surface area (Å²) in [5.41, 5.74) is 7.55. The molecule has 0 unspecified atom stereocenters. The van der Waals surface area contributed by atoms with Crippen LogP contribution >= 0.6 is 0 Å². The number of rotatable bonds is 11. The summed E-state index contributed by atoms with van der Waals surface area (Å²) < 4.78 is 12.8. The predicted molar refractivity (Wildman–Crippen MR) is 231 cm³/mol. The molecule has 301 valence electrons. The Morgan fingerprint density at radius 2 is 1.48 bits per heavy atom. The van der Waals surface area contributed by atoms with Gasteiger partial charge >= 0.3 is 0 Å². The van der Waals surface area contributed by atoms with E-state index in [1.807, 2.05) is 53.8 Å². The second kappa shape index (κ2) is 17.7. The van der Waals surface area contributed by atoms with E-state index in [4.69, 9.17) is 13.8 Å². The van der Waals surface area contributed by atoms with Crippen LogP contribution in [0.2, 0.25) is 0 Å². The van der Waals surface area contributed by atoms with E-state index in [1.54, 1.807) is 0 Å². The van der Waals surface area contributed by atoms with Gasteiger partial charge in [0.15, 0.2) is 5.78 Å². The fourth-order valence-corrected chi connectivity index (χ4v) is 7.35. The maximum absolute atomic E-state index is 12.2. The first kappa shape index (κ1) is 44.7. The largest absolute Gasteiger partial charge is 0.512 e. The zero-order chi connectivity index (χ0) is 40.5. The Bertz CT molecular complexity index is 2340. The summed E-state index contributed by atoms with van der Waals surface area (Å²) in [7, 11) is 0. The molecule has 0 aliphatic rings. The molecule has 6 rings (SSSR count). The number of allylic oxidation sites excluding steroid dienone is 2. The summed E-state index contributed by atoms with van der Waals surface area (Å²) in [5.74, 6) is 2.71. The molecule has 5 nitrogen and oxygen atoms in total. The van der Waals surface area contributed by atoms with Gasteiger partial charge in [0.2, 0.25) is 0 Å². The molecule has 3 aromatic heterocycles. The van der Waals surface area contributed by atoms with Crippen LogP contribution in [-0.2, 0) is 36.7 Å². The van der Waals surface area contributed by atoms with Crippen molar-refractivity contribution in [1.82, 2.24) is 4.98 Å². The van der Waals surface area contributed by atoms with Crippen molar-refractivity contribution in [1.29, 1.82) is 0 Å². The Hall–Kier alpha value is -3.99. The molecule has 3 heterocycles. The van der Waals surface area contributed by atoms with E-state index in [0.717, 1.165) is 87.9 Å². The van der Waals surface area contributed by atoms with Crippen LogP contribution in [0.5, 0.6) is 0 Å². The zero-order valence-electron chi connectivity index (χ0n) is 35.9. The first-order valence-corrected chi connectivity index (χ1v) is 20.2. The summed E-state index contributed by atoms with van der Waals surface area (Å²) >= 11 is 0. The minimum absolute atomic E-state index is 0. The third kappa shape index (κ3) is 8.93. The molecule has 1 radical (unpaired) electrons. The minimum atomic E-state index is -0.337. The Morgan fingerprint density at radius 1 is 0.839 bits per heavy atom. The smallest absolute Gasteiger partial charge is 0.164 e. The SMILES string of the molecule is CCC(C)(CC)C(=O)/C=C(\O)C(C)(CC)CC.Cc1oc2cc(-c3oc4c(-c5[c-]c6ccccc6c(C(C)(C)C)c5)nccc4c3C)ccc2c1CC(C)C.[Ir]. The number of carbonyl (C=O) groups excluding carboxylic acids is 1. The van der Waals surface area contributed by atoms with Crippen molar-refractivity contribution in [3.8, 4) is 22.6 Å². The number of nitrogens with zero attached hydrogens (tertiary/aromatic N) is 1. The number of carbonyl (C=O) groups is 1. The molecule has 0 bridgehead atoms. The first-order valence-electron chi connectivity index (χ1n) is 20.2. The van der Waals surface area contributed by atoms with Crippen molar-refractivity contribution in [2.45, 2.75) is 128 Å². The molecule has 0 atom stereocenters. The molecule has 0 aliphatic carbocycles. The van der Waals surface area contributed by atoms with Gasteiger partial charge in [0.25, 0.3) is 0 Å². The third-order valence-corrected chi connectivity index (χ3v) is 12.2. The van der Waals surface area contributed by atoms with E-state index in [-0.39, 0.29) is 47.9 Å². The van der Waals surface area contributed by atoms with Gasteiger partial charge in [-0.2, -0.15) is 0 Å². The summed E-state index contributed by atoms with van der Waals surface area (Å²) in [4.78, 5) is 17.0. The van der Waals surface area contributed by atoms with Crippen LogP contribution < -0.4 is 0 Å². The molecule has 0 fully saturated rings. The van der Waals surface area contributed by atoms with Crippen LogP contribution in [0.15, 0.2) is 81.5 Å². The molecular weight excluding hydrogens is 871 g/mol. The van der Waals surface area contributed by atoms with Crippen molar-refractivity contribution in [2.24, 2.45) is 16.7 Å². The first-order chi connectivity index (χ1) is 25.9. The quantitative estimate of drug-likeness (QED) is 0.0796. The summed E-state index contributed by atoms with van der Waals surface area (Å²) in [6.07, 6.45) is 7.64. The zero-order valence-corrected chi connectivity index (χ0v) is 38.3. The number of fused-ring (bicyclic) bond motifs is 3. The maximum Gasteiger partial charge on any atom is 0.164 e. The fraction of sp³-hybridized carbons (Fsp3) is 0.440. The van der Waals surface area contributed by atoms with Crippen molar-refractivity contribution < 1.29 is 38.8 Å². The normalized spacial score (nSPS) is 12.6. The molecule has 3 aromatic carbocycles. The van der Waals surface area contributed by atoms with Gasteiger partial charge in [-0.15, -0.1) is 29.1 Å². The van der Waals surface area contributed by atoms with Crippen molar-refractivity contribution in [3.05, 3.63) is 101 Å². The van der Waals surface area contributed by atoms with Gasteiger partial charge in [0.1, 0.15) is 28.4 Å². The van der Waals surface area contributed by atoms with Crippen LogP contribution in [0.25, 0.3) is 55.3 Å². The number of aryl methyl sites for hydroxylation is 2. The molecule has 0 saturated carbocycles. The van der Waals surface area contributed by atoms with Crippen LogP contribution in [0.1, 0.15) is 124 Å². The molecule has 0 saturated heterocycles. The molecule has 1 N–H and O–H groups in total. The van der Waals surface area contributed by atoms with Gasteiger partial charge in [0, 0.05) is 76.4 Å². The average molecular weight is 933 g/mol. The number of aliphatic hydroxyl groups excluding tert-OH is 1. The number of aliphatic hydroxyl groups is 1. The van der Waals surface area contributed by atoms with Crippen LogP contribution in [0.3, 0.4) is 0 Å². The molecule has 6 heteroatoms. The average Bonchev–Trinajstić information content (AvgIpc) is 3.67. The Kier molecular flexibility index (Phi) is 14.1. The van der Waals surface area contributed by atoms with Gasteiger partial charge in [-0.1, -0.05) is 117 Å². The Morgan fingerprint density at radius 3 is 2.09 bits per heavy atom. The van der Waals surface area contributed by atoms with E-state index in [9.17, 15) is 9.90 Å². The Labute approximate surface area is 348 Å². The summed E-state index contributed by atoms with van der Waals surface area (Å²) in [6.45, 7) is 27.5. The van der Waals surface area contributed by atoms with E-state index >= 15 is 0 Å². The molecule has 0 aliphatic heterocycles. The second-order valence-electron chi connectivity index (χ2n) is 17.4. The topological polar surface area (TPSA) is 76.5 Å². The molecule has 6 aromatic rings. The molecular formula is C50H62IrNO4-.